The summed E-state index contributed by atoms with van der Waals surface area (Å²) in [5.41, 5.74) is 7.93. The minimum atomic E-state index is -0.249. The maximum Gasteiger partial charge on any atom is 0.257 e. The van der Waals surface area contributed by atoms with Crippen molar-refractivity contribution in [2.24, 2.45) is 5.73 Å². The lowest BCUT2D eigenvalue weighted by molar-refractivity contribution is 0.0953. The van der Waals surface area contributed by atoms with E-state index in [1.165, 1.54) is 22.4 Å². The molecular weight excluding hydrogens is 419 g/mol. The van der Waals surface area contributed by atoms with Crippen LogP contribution >= 0.6 is 36.2 Å². The second-order valence-electron chi connectivity index (χ2n) is 6.63. The van der Waals surface area contributed by atoms with Crippen molar-refractivity contribution in [1.29, 1.82) is 0 Å². The molecule has 1 atom stereocenters. The Morgan fingerprint density at radius 3 is 2.68 bits per heavy atom. The molecule has 0 aliphatic heterocycles. The number of aryl methyl sites for hydroxylation is 1. The number of nitrogens with two attached hydrogens (primary N) is 1. The van der Waals surface area contributed by atoms with Gasteiger partial charge in [-0.3, -0.25) is 14.6 Å². The Hall–Kier alpha value is -1.67. The summed E-state index contributed by atoms with van der Waals surface area (Å²) in [6, 6.07) is 3.46. The Labute approximate surface area is 181 Å². The van der Waals surface area contributed by atoms with Crippen molar-refractivity contribution in [3.8, 4) is 0 Å². The van der Waals surface area contributed by atoms with Gasteiger partial charge in [-0.15, -0.1) is 36.2 Å². The number of aromatic nitrogens is 1. The first-order chi connectivity index (χ1) is 12.6. The maximum atomic E-state index is 12.8. The van der Waals surface area contributed by atoms with Gasteiger partial charge in [0, 0.05) is 29.9 Å². The molecule has 2 amide bonds. The molecule has 4 N–H and O–H groups in total. The van der Waals surface area contributed by atoms with Gasteiger partial charge in [0.1, 0.15) is 5.00 Å². The van der Waals surface area contributed by atoms with Crippen LogP contribution in [-0.4, -0.2) is 29.4 Å². The summed E-state index contributed by atoms with van der Waals surface area (Å²) < 4.78 is 0. The molecule has 154 valence electrons. The van der Waals surface area contributed by atoms with Crippen molar-refractivity contribution in [2.75, 3.05) is 11.9 Å². The van der Waals surface area contributed by atoms with Crippen molar-refractivity contribution < 1.29 is 9.59 Å². The van der Waals surface area contributed by atoms with Gasteiger partial charge in [0.05, 0.1) is 11.1 Å². The molecule has 2 aromatic rings. The Morgan fingerprint density at radius 2 is 2.00 bits per heavy atom. The highest BCUT2D eigenvalue weighted by atomic mass is 35.5. The number of nitrogens with zero attached hydrogens (tertiary/aromatic N) is 1. The average Bonchev–Trinajstić information content (AvgIpc) is 2.99. The zero-order valence-corrected chi connectivity index (χ0v) is 18.1. The molecular formula is C19H26Cl2N4O2S. The number of carbonyl (C=O) groups excluding carboxylic acids is 2. The molecule has 0 spiro atoms. The molecule has 0 fully saturated rings. The molecule has 1 unspecified atom stereocenters. The van der Waals surface area contributed by atoms with E-state index in [2.05, 4.69) is 15.6 Å². The lowest BCUT2D eigenvalue weighted by atomic mass is 9.95. The van der Waals surface area contributed by atoms with Crippen LogP contribution in [0.1, 0.15) is 57.3 Å². The molecule has 3 rings (SSSR count). The van der Waals surface area contributed by atoms with Gasteiger partial charge in [-0.25, -0.2) is 0 Å². The molecule has 28 heavy (non-hydrogen) atoms. The molecule has 2 heterocycles. The number of anilines is 1. The van der Waals surface area contributed by atoms with Crippen molar-refractivity contribution in [2.45, 2.75) is 45.1 Å². The fraction of sp³-hybridized carbons (Fsp3) is 0.421. The first-order valence-electron chi connectivity index (χ1n) is 8.96. The van der Waals surface area contributed by atoms with Crippen molar-refractivity contribution >= 4 is 53.0 Å². The Kier molecular flexibility index (Phi) is 9.89. The normalized spacial score (nSPS) is 13.4. The van der Waals surface area contributed by atoms with Gasteiger partial charge >= 0.3 is 0 Å². The summed E-state index contributed by atoms with van der Waals surface area (Å²) in [5.74, 6) is -0.382. The molecule has 1 aliphatic carbocycles. The highest BCUT2D eigenvalue weighted by molar-refractivity contribution is 7.17. The molecule has 0 saturated carbocycles. The van der Waals surface area contributed by atoms with Crippen LogP contribution in [0.2, 0.25) is 0 Å². The standard InChI is InChI=1S/C19H24N4O2S.2ClH/c1-12(20)8-10-22-18(25)16-14-6-2-3-7-15(14)26-19(16)23-17(24)13-5-4-9-21-11-13;;/h4-5,9,11-12H,2-3,6-8,10,20H2,1H3,(H,22,25)(H,23,24);2*1H. The maximum absolute atomic E-state index is 12.8. The van der Waals surface area contributed by atoms with Crippen LogP contribution in [0.4, 0.5) is 5.00 Å². The van der Waals surface area contributed by atoms with E-state index in [9.17, 15) is 9.59 Å². The zero-order chi connectivity index (χ0) is 18.5. The molecule has 0 radical (unpaired) electrons. The molecule has 0 aromatic carbocycles. The van der Waals surface area contributed by atoms with Gasteiger partial charge in [0.2, 0.25) is 0 Å². The van der Waals surface area contributed by atoms with Crippen LogP contribution in [0.3, 0.4) is 0 Å². The van der Waals surface area contributed by atoms with E-state index in [-0.39, 0.29) is 42.7 Å². The smallest absolute Gasteiger partial charge is 0.257 e. The summed E-state index contributed by atoms with van der Waals surface area (Å²) in [6.45, 7) is 2.44. The second kappa shape index (κ2) is 11.4. The Morgan fingerprint density at radius 1 is 1.25 bits per heavy atom. The second-order valence-corrected chi connectivity index (χ2v) is 7.74. The van der Waals surface area contributed by atoms with Gasteiger partial charge in [-0.1, -0.05) is 0 Å². The minimum absolute atomic E-state index is 0. The van der Waals surface area contributed by atoms with Crippen molar-refractivity contribution in [3.63, 3.8) is 0 Å². The van der Waals surface area contributed by atoms with Gasteiger partial charge in [-0.05, 0) is 56.7 Å². The third-order valence-electron chi connectivity index (χ3n) is 4.43. The highest BCUT2D eigenvalue weighted by Crippen LogP contribution is 2.38. The van der Waals surface area contributed by atoms with E-state index in [1.54, 1.807) is 18.3 Å². The quantitative estimate of drug-likeness (QED) is 0.633. The number of thiophene rings is 1. The van der Waals surface area contributed by atoms with E-state index < -0.39 is 0 Å². The summed E-state index contributed by atoms with van der Waals surface area (Å²) >= 11 is 1.52. The summed E-state index contributed by atoms with van der Waals surface area (Å²) in [6.07, 6.45) is 7.89. The lowest BCUT2D eigenvalue weighted by Crippen LogP contribution is -2.30. The van der Waals surface area contributed by atoms with Gasteiger partial charge in [0.25, 0.3) is 11.8 Å². The minimum Gasteiger partial charge on any atom is -0.352 e. The summed E-state index contributed by atoms with van der Waals surface area (Å²) in [5, 5.41) is 6.49. The SMILES string of the molecule is CC(N)CCNC(=O)c1c(NC(=O)c2cccnc2)sc2c1CCCC2.Cl.Cl. The number of carbonyl (C=O) groups is 2. The van der Waals surface area contributed by atoms with Crippen LogP contribution in [-0.2, 0) is 12.8 Å². The van der Waals surface area contributed by atoms with Crippen molar-refractivity contribution in [1.82, 2.24) is 10.3 Å². The number of nitrogens with one attached hydrogen (secondary N) is 2. The molecule has 9 heteroatoms. The third-order valence-corrected chi connectivity index (χ3v) is 5.64. The Balaban J connectivity index is 0.00000196. The van der Waals surface area contributed by atoms with Crippen molar-refractivity contribution in [3.05, 3.63) is 46.1 Å². The number of rotatable bonds is 6. The van der Waals surface area contributed by atoms with Gasteiger partial charge < -0.3 is 16.4 Å². The van der Waals surface area contributed by atoms with E-state index in [4.69, 9.17) is 5.73 Å². The molecule has 2 aromatic heterocycles. The molecule has 0 bridgehead atoms. The first-order valence-corrected chi connectivity index (χ1v) is 9.77. The molecule has 1 aliphatic rings. The number of pyridine rings is 1. The lowest BCUT2D eigenvalue weighted by Gasteiger charge is -2.13. The average molecular weight is 445 g/mol. The van der Waals surface area contributed by atoms with Crippen LogP contribution < -0.4 is 16.4 Å². The number of fused-ring (bicyclic) bond motifs is 1. The largest absolute Gasteiger partial charge is 0.352 e. The summed E-state index contributed by atoms with van der Waals surface area (Å²) in [4.78, 5) is 30.5. The highest BCUT2D eigenvalue weighted by Gasteiger charge is 2.26. The molecule has 0 saturated heterocycles. The van der Waals surface area contributed by atoms with E-state index in [0.717, 1.165) is 37.7 Å². The number of amides is 2. The van der Waals surface area contributed by atoms with Crippen LogP contribution in [0.25, 0.3) is 0 Å². The first kappa shape index (κ1) is 24.4. The predicted molar refractivity (Wildman–Crippen MR) is 118 cm³/mol. The van der Waals surface area contributed by atoms with Crippen LogP contribution in [0, 0.1) is 0 Å². The number of hydrogen-bond donors (Lipinski definition) is 3. The molecule has 6 nitrogen and oxygen atoms in total. The van der Waals surface area contributed by atoms with Crippen LogP contribution in [0.15, 0.2) is 24.5 Å². The van der Waals surface area contributed by atoms with E-state index in [0.29, 0.717) is 22.7 Å². The monoisotopic (exact) mass is 444 g/mol. The van der Waals surface area contributed by atoms with E-state index in [1.807, 2.05) is 6.92 Å². The number of hydrogen-bond acceptors (Lipinski definition) is 5. The fourth-order valence-electron chi connectivity index (χ4n) is 3.07. The zero-order valence-electron chi connectivity index (χ0n) is 15.7. The summed E-state index contributed by atoms with van der Waals surface area (Å²) in [7, 11) is 0. The topological polar surface area (TPSA) is 97.1 Å². The van der Waals surface area contributed by atoms with Gasteiger partial charge in [-0.2, -0.15) is 0 Å². The van der Waals surface area contributed by atoms with Gasteiger partial charge in [0.15, 0.2) is 0 Å². The van der Waals surface area contributed by atoms with Crippen LogP contribution in [0.5, 0.6) is 0 Å². The fourth-order valence-corrected chi connectivity index (χ4v) is 4.35. The third kappa shape index (κ3) is 5.91. The van der Waals surface area contributed by atoms with E-state index >= 15 is 0 Å². The Bertz CT molecular complexity index is 797. The predicted octanol–water partition coefficient (Wildman–Crippen LogP) is 3.58. The number of halogens is 2.